The van der Waals surface area contributed by atoms with Crippen LogP contribution in [0.5, 0.6) is 5.75 Å². The fraction of sp³-hybridized carbons (Fsp3) is 0.292. The van der Waals surface area contributed by atoms with Gasteiger partial charge in [-0.1, -0.05) is 17.3 Å². The molecule has 1 aromatic heterocycles. The normalized spacial score (nSPS) is 20.1. The van der Waals surface area contributed by atoms with Crippen molar-refractivity contribution in [2.24, 2.45) is 0 Å². The van der Waals surface area contributed by atoms with Gasteiger partial charge in [-0.2, -0.15) is 0 Å². The summed E-state index contributed by atoms with van der Waals surface area (Å²) in [7, 11) is 0. The van der Waals surface area contributed by atoms with Gasteiger partial charge in [0.25, 0.3) is 5.91 Å². The van der Waals surface area contributed by atoms with Crippen molar-refractivity contribution >= 4 is 17.7 Å². The van der Waals surface area contributed by atoms with Crippen LogP contribution in [-0.2, 0) is 16.1 Å². The van der Waals surface area contributed by atoms with E-state index in [0.29, 0.717) is 24.2 Å². The average Bonchev–Trinajstić information content (AvgIpc) is 3.38. The largest absolute Gasteiger partial charge is 0.490 e. The zero-order valence-electron chi connectivity index (χ0n) is 17.7. The molecule has 3 aliphatic rings. The molecule has 1 saturated heterocycles. The van der Waals surface area contributed by atoms with Crippen molar-refractivity contribution < 1.29 is 19.1 Å². The summed E-state index contributed by atoms with van der Waals surface area (Å²) in [5.41, 5.74) is 3.73. The summed E-state index contributed by atoms with van der Waals surface area (Å²) in [6.07, 6.45) is 4.84. The Morgan fingerprint density at radius 1 is 1.00 bits per heavy atom. The first-order valence-electron chi connectivity index (χ1n) is 11.0. The Labute approximate surface area is 189 Å². The molecule has 1 N–H and O–H groups in total. The predicted molar refractivity (Wildman–Crippen MR) is 116 cm³/mol. The number of ether oxygens (including phenoxy) is 1. The van der Waals surface area contributed by atoms with Crippen molar-refractivity contribution in [2.75, 3.05) is 0 Å². The molecule has 9 nitrogen and oxygen atoms in total. The Morgan fingerprint density at radius 3 is 2.67 bits per heavy atom. The number of amides is 3. The van der Waals surface area contributed by atoms with Gasteiger partial charge >= 0.3 is 0 Å². The van der Waals surface area contributed by atoms with Gasteiger partial charge in [0.1, 0.15) is 17.5 Å². The summed E-state index contributed by atoms with van der Waals surface area (Å²) in [5, 5.41) is 10.9. The van der Waals surface area contributed by atoms with Gasteiger partial charge < -0.3 is 9.64 Å². The van der Waals surface area contributed by atoms with Crippen molar-refractivity contribution in [3.63, 3.8) is 0 Å². The maximum atomic E-state index is 12.9. The molecule has 2 fully saturated rings. The minimum Gasteiger partial charge on any atom is -0.490 e. The molecular formula is C24H21N5O4. The molecule has 166 valence electrons. The highest BCUT2D eigenvalue weighted by Gasteiger charge is 2.39. The standard InChI is InChI=1S/C24H21N5O4/c30-22-10-9-20(23(31)25-22)28-12-14-11-15(5-8-17(14)24(28)32)29-13-19(26-27-29)18-3-1-2-4-21(18)33-16-6-7-16/h1-5,8,11,13,16,20H,6-7,9-10,12H2,(H,25,30,31)/t20-/m1/s1. The number of fused-ring (bicyclic) bond motifs is 1. The molecule has 2 aliphatic heterocycles. The van der Waals surface area contributed by atoms with E-state index in [1.165, 1.54) is 4.90 Å². The number of nitrogens with zero attached hydrogens (tertiary/aromatic N) is 4. The van der Waals surface area contributed by atoms with Gasteiger partial charge in [-0.25, -0.2) is 4.68 Å². The van der Waals surface area contributed by atoms with Gasteiger partial charge in [0.05, 0.1) is 18.0 Å². The van der Waals surface area contributed by atoms with Crippen LogP contribution in [0, 0.1) is 0 Å². The molecule has 6 rings (SSSR count). The summed E-state index contributed by atoms with van der Waals surface area (Å²) in [6.45, 7) is 0.313. The van der Waals surface area contributed by atoms with E-state index >= 15 is 0 Å². The third-order valence-electron chi connectivity index (χ3n) is 6.25. The van der Waals surface area contributed by atoms with E-state index in [0.717, 1.165) is 35.4 Å². The first kappa shape index (κ1) is 19.7. The third kappa shape index (κ3) is 3.55. The maximum absolute atomic E-state index is 12.9. The van der Waals surface area contributed by atoms with Gasteiger partial charge in [-0.15, -0.1) is 5.10 Å². The Morgan fingerprint density at radius 2 is 1.85 bits per heavy atom. The highest BCUT2D eigenvalue weighted by atomic mass is 16.5. The molecule has 0 bridgehead atoms. The number of para-hydroxylation sites is 1. The molecule has 0 spiro atoms. The second-order valence-electron chi connectivity index (χ2n) is 8.60. The van der Waals surface area contributed by atoms with Crippen molar-refractivity contribution in [2.45, 2.75) is 44.4 Å². The van der Waals surface area contributed by atoms with Crippen molar-refractivity contribution in [1.29, 1.82) is 0 Å². The van der Waals surface area contributed by atoms with E-state index in [2.05, 4.69) is 15.6 Å². The SMILES string of the molecule is O=C1CC[C@@H](N2Cc3cc(-n4cc(-c5ccccc5OC5CC5)nn4)ccc3C2=O)C(=O)N1. The van der Waals surface area contributed by atoms with E-state index in [1.807, 2.05) is 42.6 Å². The van der Waals surface area contributed by atoms with Gasteiger partial charge in [0.2, 0.25) is 11.8 Å². The maximum Gasteiger partial charge on any atom is 0.255 e. The number of imide groups is 1. The van der Waals surface area contributed by atoms with E-state index in [9.17, 15) is 14.4 Å². The number of hydrogen-bond donors (Lipinski definition) is 1. The van der Waals surface area contributed by atoms with E-state index in [1.54, 1.807) is 10.7 Å². The topological polar surface area (TPSA) is 106 Å². The molecule has 1 atom stereocenters. The average molecular weight is 443 g/mol. The molecule has 33 heavy (non-hydrogen) atoms. The zero-order valence-corrected chi connectivity index (χ0v) is 17.7. The lowest BCUT2D eigenvalue weighted by Gasteiger charge is -2.29. The van der Waals surface area contributed by atoms with Crippen LogP contribution in [0.2, 0.25) is 0 Å². The molecule has 0 unspecified atom stereocenters. The summed E-state index contributed by atoms with van der Waals surface area (Å²) in [4.78, 5) is 38.2. The third-order valence-corrected chi connectivity index (χ3v) is 6.25. The molecule has 3 aromatic rings. The van der Waals surface area contributed by atoms with Crippen LogP contribution >= 0.6 is 0 Å². The van der Waals surface area contributed by atoms with E-state index in [-0.39, 0.29) is 24.3 Å². The van der Waals surface area contributed by atoms with Crippen LogP contribution in [0.15, 0.2) is 48.7 Å². The van der Waals surface area contributed by atoms with Gasteiger partial charge in [-0.3, -0.25) is 19.7 Å². The Bertz CT molecular complexity index is 1300. The molecule has 3 heterocycles. The smallest absolute Gasteiger partial charge is 0.255 e. The summed E-state index contributed by atoms with van der Waals surface area (Å²) in [5.74, 6) is -0.114. The molecule has 0 radical (unpaired) electrons. The summed E-state index contributed by atoms with van der Waals surface area (Å²) < 4.78 is 7.68. The molecule has 3 amide bonds. The number of benzene rings is 2. The highest BCUT2D eigenvalue weighted by molar-refractivity contribution is 6.05. The number of nitrogens with one attached hydrogen (secondary N) is 1. The molecule has 2 aromatic carbocycles. The van der Waals surface area contributed by atoms with Crippen molar-refractivity contribution in [3.05, 3.63) is 59.8 Å². The van der Waals surface area contributed by atoms with Crippen LogP contribution < -0.4 is 10.1 Å². The van der Waals surface area contributed by atoms with Crippen molar-refractivity contribution in [3.8, 4) is 22.7 Å². The predicted octanol–water partition coefficient (Wildman–Crippen LogP) is 2.24. The van der Waals surface area contributed by atoms with Crippen molar-refractivity contribution in [1.82, 2.24) is 25.2 Å². The Kier molecular flexibility index (Phi) is 4.49. The lowest BCUT2D eigenvalue weighted by molar-refractivity contribution is -0.136. The first-order chi connectivity index (χ1) is 16.1. The monoisotopic (exact) mass is 443 g/mol. The quantitative estimate of drug-likeness (QED) is 0.606. The van der Waals surface area contributed by atoms with Gasteiger partial charge in [-0.05, 0) is 55.2 Å². The summed E-state index contributed by atoms with van der Waals surface area (Å²) >= 11 is 0. The number of hydrogen-bond acceptors (Lipinski definition) is 6. The van der Waals surface area contributed by atoms with Crippen LogP contribution in [0.25, 0.3) is 16.9 Å². The molecule has 1 saturated carbocycles. The van der Waals surface area contributed by atoms with Crippen LogP contribution in [0.1, 0.15) is 41.6 Å². The Balaban J connectivity index is 1.26. The van der Waals surface area contributed by atoms with Gasteiger partial charge in [0, 0.05) is 24.1 Å². The van der Waals surface area contributed by atoms with Crippen LogP contribution in [0.4, 0.5) is 0 Å². The number of rotatable bonds is 5. The minimum atomic E-state index is -0.632. The first-order valence-corrected chi connectivity index (χ1v) is 11.0. The van der Waals surface area contributed by atoms with E-state index in [4.69, 9.17) is 4.74 Å². The lowest BCUT2D eigenvalue weighted by Crippen LogP contribution is -2.52. The minimum absolute atomic E-state index is 0.198. The Hall–Kier alpha value is -4.01. The second kappa shape index (κ2) is 7.54. The number of carbonyl (C=O) groups is 3. The van der Waals surface area contributed by atoms with Gasteiger partial charge in [0.15, 0.2) is 0 Å². The summed E-state index contributed by atoms with van der Waals surface area (Å²) in [6, 6.07) is 12.6. The number of carbonyl (C=O) groups excluding carboxylic acids is 3. The molecular weight excluding hydrogens is 422 g/mol. The fourth-order valence-electron chi connectivity index (χ4n) is 4.36. The highest BCUT2D eigenvalue weighted by Crippen LogP contribution is 2.34. The molecule has 1 aliphatic carbocycles. The lowest BCUT2D eigenvalue weighted by atomic mass is 10.0. The zero-order chi connectivity index (χ0) is 22.5. The second-order valence-corrected chi connectivity index (χ2v) is 8.60. The van der Waals surface area contributed by atoms with Crippen LogP contribution in [0.3, 0.4) is 0 Å². The fourth-order valence-corrected chi connectivity index (χ4v) is 4.36. The van der Waals surface area contributed by atoms with E-state index < -0.39 is 11.9 Å². The van der Waals surface area contributed by atoms with Crippen LogP contribution in [-0.4, -0.2) is 49.8 Å². The molecule has 9 heteroatoms. The number of aromatic nitrogens is 3. The number of piperidine rings is 1.